The Labute approximate surface area is 90.2 Å². The molecule has 0 aliphatic carbocycles. The smallest absolute Gasteiger partial charge is 0.239 e. The largest absolute Gasteiger partial charge is 0.358 e. The molecule has 1 fully saturated rings. The molecule has 1 unspecified atom stereocenters. The lowest BCUT2D eigenvalue weighted by molar-refractivity contribution is -0.129. The highest BCUT2D eigenvalue weighted by Crippen LogP contribution is 2.14. The maximum Gasteiger partial charge on any atom is 0.239 e. The maximum atomic E-state index is 11.6. The van der Waals surface area contributed by atoms with Crippen molar-refractivity contribution in [2.24, 2.45) is 5.92 Å². The van der Waals surface area contributed by atoms with Gasteiger partial charge in [-0.15, -0.1) is 0 Å². The minimum atomic E-state index is -0.160. The molecule has 1 rings (SSSR count). The molecule has 5 heteroatoms. The Morgan fingerprint density at radius 3 is 2.80 bits per heavy atom. The number of carbonyl (C=O) groups is 2. The average molecular weight is 213 g/mol. The maximum absolute atomic E-state index is 11.6. The Morgan fingerprint density at radius 2 is 2.20 bits per heavy atom. The Bertz CT molecular complexity index is 243. The van der Waals surface area contributed by atoms with Crippen LogP contribution in [-0.2, 0) is 9.59 Å². The molecule has 1 aliphatic heterocycles. The highest BCUT2D eigenvalue weighted by Gasteiger charge is 2.23. The van der Waals surface area contributed by atoms with E-state index in [1.54, 1.807) is 7.05 Å². The van der Waals surface area contributed by atoms with Crippen molar-refractivity contribution in [2.45, 2.75) is 12.8 Å². The molecule has 2 amide bonds. The monoisotopic (exact) mass is 213 g/mol. The molecule has 0 radical (unpaired) electrons. The first-order chi connectivity index (χ1) is 7.13. The van der Waals surface area contributed by atoms with Crippen LogP contribution in [0, 0.1) is 5.92 Å². The van der Waals surface area contributed by atoms with Crippen molar-refractivity contribution in [1.29, 1.82) is 0 Å². The van der Waals surface area contributed by atoms with Gasteiger partial charge in [0.15, 0.2) is 0 Å². The van der Waals surface area contributed by atoms with Gasteiger partial charge in [0.25, 0.3) is 0 Å². The van der Waals surface area contributed by atoms with E-state index in [9.17, 15) is 9.59 Å². The number of nitrogens with one attached hydrogen (secondary N) is 2. The quantitative estimate of drug-likeness (QED) is 0.644. The summed E-state index contributed by atoms with van der Waals surface area (Å²) in [7, 11) is 3.57. The summed E-state index contributed by atoms with van der Waals surface area (Å²) in [5.41, 5.74) is 0. The molecular formula is C10H19N3O2. The molecule has 5 nitrogen and oxygen atoms in total. The van der Waals surface area contributed by atoms with Crippen molar-refractivity contribution < 1.29 is 9.59 Å². The number of rotatable bonds is 3. The predicted molar refractivity (Wildman–Crippen MR) is 57.3 cm³/mol. The minimum Gasteiger partial charge on any atom is -0.358 e. The zero-order valence-electron chi connectivity index (χ0n) is 9.38. The fraction of sp³-hybridized carbons (Fsp3) is 0.800. The van der Waals surface area contributed by atoms with Crippen LogP contribution < -0.4 is 10.6 Å². The van der Waals surface area contributed by atoms with Gasteiger partial charge >= 0.3 is 0 Å². The summed E-state index contributed by atoms with van der Waals surface area (Å²) in [4.78, 5) is 24.7. The van der Waals surface area contributed by atoms with E-state index in [4.69, 9.17) is 0 Å². The van der Waals surface area contributed by atoms with E-state index in [0.29, 0.717) is 0 Å². The van der Waals surface area contributed by atoms with E-state index in [0.717, 1.165) is 25.9 Å². The van der Waals surface area contributed by atoms with Crippen molar-refractivity contribution in [1.82, 2.24) is 15.5 Å². The zero-order chi connectivity index (χ0) is 11.3. The molecule has 0 aromatic rings. The van der Waals surface area contributed by atoms with E-state index >= 15 is 0 Å². The summed E-state index contributed by atoms with van der Waals surface area (Å²) in [6, 6.07) is 0. The molecule has 0 spiro atoms. The van der Waals surface area contributed by atoms with Gasteiger partial charge in [-0.05, 0) is 26.4 Å². The van der Waals surface area contributed by atoms with Crippen LogP contribution in [0.15, 0.2) is 0 Å². The van der Waals surface area contributed by atoms with Crippen molar-refractivity contribution in [2.75, 3.05) is 33.7 Å². The number of amides is 2. The van der Waals surface area contributed by atoms with Crippen LogP contribution in [0.5, 0.6) is 0 Å². The summed E-state index contributed by atoms with van der Waals surface area (Å²) in [5.74, 6) is -0.133. The van der Waals surface area contributed by atoms with Gasteiger partial charge in [0.2, 0.25) is 11.8 Å². The average Bonchev–Trinajstić information content (AvgIpc) is 2.25. The van der Waals surface area contributed by atoms with E-state index < -0.39 is 0 Å². The lowest BCUT2D eigenvalue weighted by Crippen LogP contribution is -2.44. The van der Waals surface area contributed by atoms with Crippen LogP contribution >= 0.6 is 0 Å². The third-order valence-electron chi connectivity index (χ3n) is 2.70. The number of hydrogen-bond acceptors (Lipinski definition) is 3. The van der Waals surface area contributed by atoms with Gasteiger partial charge in [0.05, 0.1) is 12.5 Å². The van der Waals surface area contributed by atoms with E-state index in [2.05, 4.69) is 15.5 Å². The number of carbonyl (C=O) groups excluding carboxylic acids is 2. The van der Waals surface area contributed by atoms with E-state index in [-0.39, 0.29) is 24.3 Å². The molecule has 0 aromatic carbocycles. The third kappa shape index (κ3) is 3.87. The fourth-order valence-electron chi connectivity index (χ4n) is 1.78. The standard InChI is InChI=1S/C10H19N3O2/c1-11-9(14)6-12-10(15)8-4-3-5-13(2)7-8/h8H,3-7H2,1-2H3,(H,11,14)(H,12,15). The van der Waals surface area contributed by atoms with Gasteiger partial charge < -0.3 is 15.5 Å². The normalized spacial score (nSPS) is 22.1. The molecule has 15 heavy (non-hydrogen) atoms. The zero-order valence-corrected chi connectivity index (χ0v) is 9.38. The van der Waals surface area contributed by atoms with Gasteiger partial charge in [0, 0.05) is 13.6 Å². The van der Waals surface area contributed by atoms with Crippen LogP contribution in [0.25, 0.3) is 0 Å². The number of likely N-dealkylation sites (tertiary alicyclic amines) is 1. The predicted octanol–water partition coefficient (Wildman–Crippen LogP) is -0.810. The van der Waals surface area contributed by atoms with Crippen molar-refractivity contribution in [3.05, 3.63) is 0 Å². The van der Waals surface area contributed by atoms with Crippen LogP contribution in [0.2, 0.25) is 0 Å². The van der Waals surface area contributed by atoms with E-state index in [1.807, 2.05) is 7.05 Å². The first-order valence-electron chi connectivity index (χ1n) is 5.30. The molecule has 86 valence electrons. The number of nitrogens with zero attached hydrogens (tertiary/aromatic N) is 1. The second-order valence-electron chi connectivity index (χ2n) is 3.99. The Morgan fingerprint density at radius 1 is 1.47 bits per heavy atom. The lowest BCUT2D eigenvalue weighted by atomic mass is 9.98. The SMILES string of the molecule is CNC(=O)CNC(=O)C1CCCN(C)C1. The Kier molecular flexibility index (Phi) is 4.55. The number of piperidine rings is 1. The molecule has 0 aromatic heterocycles. The van der Waals surface area contributed by atoms with E-state index in [1.165, 1.54) is 0 Å². The molecule has 1 aliphatic rings. The molecule has 1 atom stereocenters. The number of likely N-dealkylation sites (N-methyl/N-ethyl adjacent to an activating group) is 1. The topological polar surface area (TPSA) is 61.4 Å². The molecule has 1 saturated heterocycles. The first-order valence-corrected chi connectivity index (χ1v) is 5.30. The lowest BCUT2D eigenvalue weighted by Gasteiger charge is -2.28. The molecule has 1 heterocycles. The Hall–Kier alpha value is -1.10. The fourth-order valence-corrected chi connectivity index (χ4v) is 1.78. The molecular weight excluding hydrogens is 194 g/mol. The van der Waals surface area contributed by atoms with Gasteiger partial charge in [-0.3, -0.25) is 9.59 Å². The second kappa shape index (κ2) is 5.70. The summed E-state index contributed by atoms with van der Waals surface area (Å²) in [6.45, 7) is 1.92. The minimum absolute atomic E-state index is 0.00912. The van der Waals surface area contributed by atoms with Crippen LogP contribution in [0.4, 0.5) is 0 Å². The highest BCUT2D eigenvalue weighted by molar-refractivity contribution is 5.85. The van der Waals surface area contributed by atoms with Crippen LogP contribution in [0.1, 0.15) is 12.8 Å². The first kappa shape index (κ1) is 12.0. The van der Waals surface area contributed by atoms with Crippen molar-refractivity contribution >= 4 is 11.8 Å². The summed E-state index contributed by atoms with van der Waals surface area (Å²) >= 11 is 0. The van der Waals surface area contributed by atoms with Gasteiger partial charge in [-0.2, -0.15) is 0 Å². The number of hydrogen-bond donors (Lipinski definition) is 2. The third-order valence-corrected chi connectivity index (χ3v) is 2.70. The van der Waals surface area contributed by atoms with Crippen molar-refractivity contribution in [3.8, 4) is 0 Å². The summed E-state index contributed by atoms with van der Waals surface area (Å²) in [6.07, 6.45) is 1.97. The second-order valence-corrected chi connectivity index (χ2v) is 3.99. The molecule has 2 N–H and O–H groups in total. The highest BCUT2D eigenvalue weighted by atomic mass is 16.2. The van der Waals surface area contributed by atoms with Crippen LogP contribution in [0.3, 0.4) is 0 Å². The van der Waals surface area contributed by atoms with Crippen LogP contribution in [-0.4, -0.2) is 50.4 Å². The Balaban J connectivity index is 2.30. The van der Waals surface area contributed by atoms with Gasteiger partial charge in [-0.25, -0.2) is 0 Å². The van der Waals surface area contributed by atoms with Gasteiger partial charge in [0.1, 0.15) is 0 Å². The summed E-state index contributed by atoms with van der Waals surface area (Å²) in [5, 5.41) is 5.11. The molecule has 0 bridgehead atoms. The summed E-state index contributed by atoms with van der Waals surface area (Å²) < 4.78 is 0. The molecule has 0 saturated carbocycles. The van der Waals surface area contributed by atoms with Crippen molar-refractivity contribution in [3.63, 3.8) is 0 Å². The van der Waals surface area contributed by atoms with Gasteiger partial charge in [-0.1, -0.05) is 0 Å².